The molecule has 1 aromatic rings. The second-order valence-corrected chi connectivity index (χ2v) is 3.69. The molecule has 0 fully saturated rings. The lowest BCUT2D eigenvalue weighted by molar-refractivity contribution is -0.121. The first kappa shape index (κ1) is 13.9. The molecule has 1 rings (SSSR count). The van der Waals surface area contributed by atoms with Crippen molar-refractivity contribution in [1.29, 1.82) is 0 Å². The van der Waals surface area contributed by atoms with E-state index in [0.29, 0.717) is 17.7 Å². The summed E-state index contributed by atoms with van der Waals surface area (Å²) in [5.74, 6) is -1.09. The number of carbonyl (C=O) groups excluding carboxylic acids is 2. The minimum absolute atomic E-state index is 0.144. The van der Waals surface area contributed by atoms with Gasteiger partial charge in [0, 0.05) is 11.3 Å². The van der Waals surface area contributed by atoms with Gasteiger partial charge in [0.1, 0.15) is 5.82 Å². The zero-order valence-electron chi connectivity index (χ0n) is 10.1. The van der Waals surface area contributed by atoms with E-state index in [1.807, 2.05) is 0 Å². The maximum atomic E-state index is 12.6. The number of hydrogen-bond donors (Lipinski definition) is 2. The van der Waals surface area contributed by atoms with Crippen molar-refractivity contribution in [1.82, 2.24) is 5.32 Å². The average Bonchev–Trinajstić information content (AvgIpc) is 2.37. The molecule has 2 amide bonds. The Balaban J connectivity index is 2.40. The lowest BCUT2D eigenvalue weighted by Crippen LogP contribution is -2.33. The van der Waals surface area contributed by atoms with Gasteiger partial charge in [-0.2, -0.15) is 0 Å². The zero-order chi connectivity index (χ0) is 13.5. The van der Waals surface area contributed by atoms with Gasteiger partial charge in [0.15, 0.2) is 0 Å². The molecule has 0 radical (unpaired) electrons. The molecular weight excluding hydrogens is 235 g/mol. The van der Waals surface area contributed by atoms with Gasteiger partial charge in [0.05, 0.1) is 6.54 Å². The van der Waals surface area contributed by atoms with Crippen LogP contribution in [-0.2, 0) is 9.59 Å². The maximum absolute atomic E-state index is 12.6. The fraction of sp³-hybridized carbons (Fsp3) is 0.231. The summed E-state index contributed by atoms with van der Waals surface area (Å²) in [7, 11) is 0. The Morgan fingerprint density at radius 1 is 1.28 bits per heavy atom. The highest BCUT2D eigenvalue weighted by molar-refractivity contribution is 5.98. The van der Waals surface area contributed by atoms with Crippen LogP contribution in [0.25, 0.3) is 0 Å². The average molecular weight is 250 g/mol. The Labute approximate surface area is 105 Å². The first-order chi connectivity index (χ1) is 8.52. The molecule has 0 saturated heterocycles. The van der Waals surface area contributed by atoms with Crippen molar-refractivity contribution >= 4 is 17.5 Å². The summed E-state index contributed by atoms with van der Waals surface area (Å²) in [6.45, 7) is 5.22. The fourth-order valence-corrected chi connectivity index (χ4v) is 1.18. The van der Waals surface area contributed by atoms with E-state index in [1.165, 1.54) is 24.3 Å². The van der Waals surface area contributed by atoms with E-state index in [4.69, 9.17) is 0 Å². The number of carbonyl (C=O) groups is 2. The van der Waals surface area contributed by atoms with E-state index in [9.17, 15) is 14.0 Å². The van der Waals surface area contributed by atoms with Crippen LogP contribution in [0, 0.1) is 5.82 Å². The van der Waals surface area contributed by atoms with Gasteiger partial charge in [0.25, 0.3) is 0 Å². The summed E-state index contributed by atoms with van der Waals surface area (Å²) in [6, 6.07) is 5.38. The lowest BCUT2D eigenvalue weighted by Gasteiger charge is -2.07. The van der Waals surface area contributed by atoms with Crippen LogP contribution in [-0.4, -0.2) is 18.4 Å². The van der Waals surface area contributed by atoms with Crippen LogP contribution in [0.1, 0.15) is 13.3 Å². The molecule has 5 heteroatoms. The second-order valence-electron chi connectivity index (χ2n) is 3.69. The topological polar surface area (TPSA) is 58.2 Å². The van der Waals surface area contributed by atoms with Gasteiger partial charge < -0.3 is 10.6 Å². The van der Waals surface area contributed by atoms with Crippen molar-refractivity contribution in [3.05, 3.63) is 42.2 Å². The van der Waals surface area contributed by atoms with E-state index in [1.54, 1.807) is 6.92 Å². The first-order valence-corrected chi connectivity index (χ1v) is 5.54. The lowest BCUT2D eigenvalue weighted by atomic mass is 10.2. The Hall–Kier alpha value is -2.17. The summed E-state index contributed by atoms with van der Waals surface area (Å²) < 4.78 is 12.6. The number of amides is 2. The van der Waals surface area contributed by atoms with Gasteiger partial charge in [-0.25, -0.2) is 4.39 Å². The molecular formula is C13H15FN2O2. The van der Waals surface area contributed by atoms with E-state index >= 15 is 0 Å². The van der Waals surface area contributed by atoms with Crippen LogP contribution < -0.4 is 10.6 Å². The third-order valence-corrected chi connectivity index (χ3v) is 2.29. The Kier molecular flexibility index (Phi) is 5.05. The molecule has 1 aromatic carbocycles. The smallest absolute Gasteiger partial charge is 0.247 e. The second kappa shape index (κ2) is 6.54. The summed E-state index contributed by atoms with van der Waals surface area (Å²) in [6.07, 6.45) is 0.533. The van der Waals surface area contributed by atoms with Crippen LogP contribution in [0.3, 0.4) is 0 Å². The van der Waals surface area contributed by atoms with Gasteiger partial charge in [-0.05, 0) is 30.7 Å². The van der Waals surface area contributed by atoms with Crippen molar-refractivity contribution in [3.63, 3.8) is 0 Å². The standard InChI is InChI=1S/C13H15FN2O2/c1-3-9(2)13(18)15-8-12(17)16-11-6-4-10(14)5-7-11/h4-7H,2-3,8H2,1H3,(H,15,18)(H,16,17). The Bertz CT molecular complexity index is 455. The molecule has 0 unspecified atom stereocenters. The summed E-state index contributed by atoms with van der Waals surface area (Å²) in [5.41, 5.74) is 0.898. The van der Waals surface area contributed by atoms with Gasteiger partial charge in [-0.3, -0.25) is 9.59 Å². The van der Waals surface area contributed by atoms with Crippen molar-refractivity contribution in [2.24, 2.45) is 0 Å². The number of rotatable bonds is 5. The molecule has 0 bridgehead atoms. The molecule has 0 saturated carbocycles. The molecule has 0 heterocycles. The first-order valence-electron chi connectivity index (χ1n) is 5.54. The highest BCUT2D eigenvalue weighted by atomic mass is 19.1. The highest BCUT2D eigenvalue weighted by Crippen LogP contribution is 2.07. The molecule has 0 aliphatic heterocycles. The van der Waals surface area contributed by atoms with Crippen LogP contribution in [0.15, 0.2) is 36.4 Å². The molecule has 0 spiro atoms. The number of nitrogens with one attached hydrogen (secondary N) is 2. The summed E-state index contributed by atoms with van der Waals surface area (Å²) >= 11 is 0. The molecule has 0 aliphatic carbocycles. The molecule has 96 valence electrons. The molecule has 0 aliphatic rings. The number of anilines is 1. The number of halogens is 1. The minimum atomic E-state index is -0.376. The van der Waals surface area contributed by atoms with E-state index < -0.39 is 0 Å². The fourth-order valence-electron chi connectivity index (χ4n) is 1.18. The van der Waals surface area contributed by atoms with Crippen LogP contribution in [0.4, 0.5) is 10.1 Å². The monoisotopic (exact) mass is 250 g/mol. The summed E-state index contributed by atoms with van der Waals surface area (Å²) in [5, 5.41) is 4.97. The Morgan fingerprint density at radius 2 is 1.89 bits per heavy atom. The SMILES string of the molecule is C=C(CC)C(=O)NCC(=O)Nc1ccc(F)cc1. The quantitative estimate of drug-likeness (QED) is 0.783. The predicted molar refractivity (Wildman–Crippen MR) is 67.5 cm³/mol. The minimum Gasteiger partial charge on any atom is -0.343 e. The van der Waals surface area contributed by atoms with Crippen molar-refractivity contribution < 1.29 is 14.0 Å². The zero-order valence-corrected chi connectivity index (χ0v) is 10.1. The highest BCUT2D eigenvalue weighted by Gasteiger charge is 2.07. The molecule has 18 heavy (non-hydrogen) atoms. The van der Waals surface area contributed by atoms with Gasteiger partial charge in [0.2, 0.25) is 11.8 Å². The van der Waals surface area contributed by atoms with Gasteiger partial charge in [-0.15, -0.1) is 0 Å². The van der Waals surface area contributed by atoms with E-state index in [-0.39, 0.29) is 24.2 Å². The van der Waals surface area contributed by atoms with Crippen LogP contribution >= 0.6 is 0 Å². The third kappa shape index (κ3) is 4.37. The molecule has 0 atom stereocenters. The van der Waals surface area contributed by atoms with E-state index in [0.717, 1.165) is 0 Å². The molecule has 4 nitrogen and oxygen atoms in total. The van der Waals surface area contributed by atoms with Crippen LogP contribution in [0.5, 0.6) is 0 Å². The normalized spacial score (nSPS) is 9.67. The van der Waals surface area contributed by atoms with Gasteiger partial charge in [-0.1, -0.05) is 13.5 Å². The summed E-state index contributed by atoms with van der Waals surface area (Å²) in [4.78, 5) is 22.8. The largest absolute Gasteiger partial charge is 0.343 e. The molecule has 2 N–H and O–H groups in total. The predicted octanol–water partition coefficient (Wildman–Crippen LogP) is 1.85. The van der Waals surface area contributed by atoms with E-state index in [2.05, 4.69) is 17.2 Å². The number of benzene rings is 1. The third-order valence-electron chi connectivity index (χ3n) is 2.29. The van der Waals surface area contributed by atoms with Crippen molar-refractivity contribution in [3.8, 4) is 0 Å². The van der Waals surface area contributed by atoms with Crippen molar-refractivity contribution in [2.45, 2.75) is 13.3 Å². The Morgan fingerprint density at radius 3 is 2.44 bits per heavy atom. The van der Waals surface area contributed by atoms with Gasteiger partial charge >= 0.3 is 0 Å². The maximum Gasteiger partial charge on any atom is 0.247 e. The number of hydrogen-bond acceptors (Lipinski definition) is 2. The molecule has 0 aromatic heterocycles. The van der Waals surface area contributed by atoms with Crippen LogP contribution in [0.2, 0.25) is 0 Å². The van der Waals surface area contributed by atoms with Crippen molar-refractivity contribution in [2.75, 3.05) is 11.9 Å².